The minimum atomic E-state index is -4.60. The van der Waals surface area contributed by atoms with E-state index in [1.165, 1.54) is 6.07 Å². The van der Waals surface area contributed by atoms with Crippen LogP contribution in [0.2, 0.25) is 5.02 Å². The van der Waals surface area contributed by atoms with Gasteiger partial charge in [-0.2, -0.15) is 13.2 Å². The molecule has 29 heavy (non-hydrogen) atoms. The summed E-state index contributed by atoms with van der Waals surface area (Å²) in [5, 5.41) is 0.273. The molecule has 0 atom stereocenters. The van der Waals surface area contributed by atoms with Gasteiger partial charge in [0.05, 0.1) is 10.5 Å². The number of nitrogens with one attached hydrogen (secondary N) is 1. The van der Waals surface area contributed by atoms with Crippen molar-refractivity contribution < 1.29 is 26.0 Å². The summed E-state index contributed by atoms with van der Waals surface area (Å²) >= 11 is 6.83. The van der Waals surface area contributed by atoms with Gasteiger partial charge < -0.3 is 0 Å². The first-order chi connectivity index (χ1) is 13.6. The van der Waals surface area contributed by atoms with E-state index in [1.807, 2.05) is 0 Å². The van der Waals surface area contributed by atoms with Crippen molar-refractivity contribution in [3.63, 3.8) is 0 Å². The van der Waals surface area contributed by atoms with Crippen LogP contribution in [0.15, 0.2) is 58.3 Å². The Kier molecular flexibility index (Phi) is 6.37. The van der Waals surface area contributed by atoms with Gasteiger partial charge in [0.2, 0.25) is 10.0 Å². The molecule has 0 bridgehead atoms. The molecule has 3 aromatic rings. The zero-order valence-corrected chi connectivity index (χ0v) is 16.9. The Morgan fingerprint density at radius 3 is 2.52 bits per heavy atom. The SMILES string of the molecule is O=S(=O)(NCCSc1cc(C(F)(F)F)nc2ccccc12)c1ccc(F)cc1Cl. The predicted octanol–water partition coefficient (Wildman–Crippen LogP) is 5.12. The van der Waals surface area contributed by atoms with Crippen LogP contribution in [0.3, 0.4) is 0 Å². The molecule has 11 heteroatoms. The van der Waals surface area contributed by atoms with E-state index in [-0.39, 0.29) is 27.7 Å². The van der Waals surface area contributed by atoms with Gasteiger partial charge in [0, 0.05) is 22.6 Å². The highest BCUT2D eigenvalue weighted by Gasteiger charge is 2.33. The molecule has 2 aromatic carbocycles. The molecule has 3 rings (SSSR count). The first-order valence-electron chi connectivity index (χ1n) is 8.12. The van der Waals surface area contributed by atoms with E-state index in [0.717, 1.165) is 36.0 Å². The van der Waals surface area contributed by atoms with Crippen LogP contribution in [0.25, 0.3) is 10.9 Å². The molecule has 0 fully saturated rings. The van der Waals surface area contributed by atoms with Crippen LogP contribution in [0, 0.1) is 5.82 Å². The third-order valence-corrected chi connectivity index (χ3v) is 6.80. The predicted molar refractivity (Wildman–Crippen MR) is 104 cm³/mol. The maximum absolute atomic E-state index is 13.1. The van der Waals surface area contributed by atoms with Crippen molar-refractivity contribution in [3.8, 4) is 0 Å². The van der Waals surface area contributed by atoms with Gasteiger partial charge in [-0.3, -0.25) is 0 Å². The molecule has 4 nitrogen and oxygen atoms in total. The number of aromatic nitrogens is 1. The first kappa shape index (κ1) is 21.8. The number of hydrogen-bond acceptors (Lipinski definition) is 4. The van der Waals surface area contributed by atoms with Crippen molar-refractivity contribution in [2.75, 3.05) is 12.3 Å². The molecule has 154 valence electrons. The van der Waals surface area contributed by atoms with Gasteiger partial charge >= 0.3 is 6.18 Å². The Balaban J connectivity index is 1.74. The molecule has 0 saturated carbocycles. The Hall–Kier alpha value is -1.88. The Morgan fingerprint density at radius 2 is 1.83 bits per heavy atom. The quantitative estimate of drug-likeness (QED) is 0.312. The number of nitrogens with zero attached hydrogens (tertiary/aromatic N) is 1. The van der Waals surface area contributed by atoms with Crippen molar-refractivity contribution in [2.45, 2.75) is 16.0 Å². The monoisotopic (exact) mass is 464 g/mol. The lowest BCUT2D eigenvalue weighted by Gasteiger charge is -2.12. The summed E-state index contributed by atoms with van der Waals surface area (Å²) in [5.41, 5.74) is -0.819. The maximum Gasteiger partial charge on any atom is 0.433 e. The van der Waals surface area contributed by atoms with E-state index in [4.69, 9.17) is 11.6 Å². The van der Waals surface area contributed by atoms with Crippen molar-refractivity contribution in [1.82, 2.24) is 9.71 Å². The number of pyridine rings is 1. The van der Waals surface area contributed by atoms with Gasteiger partial charge in [-0.15, -0.1) is 11.8 Å². The van der Waals surface area contributed by atoms with Crippen molar-refractivity contribution in [2.24, 2.45) is 0 Å². The third-order valence-electron chi connectivity index (χ3n) is 3.80. The summed E-state index contributed by atoms with van der Waals surface area (Å²) in [6.07, 6.45) is -4.60. The minimum Gasteiger partial charge on any atom is -0.243 e. The van der Waals surface area contributed by atoms with Gasteiger partial charge in [0.15, 0.2) is 0 Å². The summed E-state index contributed by atoms with van der Waals surface area (Å²) in [6.45, 7) is -0.0707. The lowest BCUT2D eigenvalue weighted by atomic mass is 10.2. The van der Waals surface area contributed by atoms with Crippen molar-refractivity contribution in [1.29, 1.82) is 0 Å². The largest absolute Gasteiger partial charge is 0.433 e. The highest BCUT2D eigenvalue weighted by molar-refractivity contribution is 7.99. The van der Waals surface area contributed by atoms with E-state index in [2.05, 4.69) is 9.71 Å². The van der Waals surface area contributed by atoms with Gasteiger partial charge in [-0.05, 0) is 30.3 Å². The number of alkyl halides is 3. The molecule has 0 radical (unpaired) electrons. The topological polar surface area (TPSA) is 59.1 Å². The zero-order valence-electron chi connectivity index (χ0n) is 14.5. The standard InChI is InChI=1S/C18H13ClF4N2O2S2/c19-13-9-11(20)5-6-16(13)29(26,27)24-7-8-28-15-10-17(18(21,22)23)25-14-4-2-1-3-12(14)15/h1-6,9-10,24H,7-8H2. The molecule has 1 aromatic heterocycles. The third kappa shape index (κ3) is 5.19. The Labute approximate surface area is 173 Å². The fraction of sp³-hybridized carbons (Fsp3) is 0.167. The number of halogens is 5. The van der Waals surface area contributed by atoms with Gasteiger partial charge in [-0.25, -0.2) is 22.5 Å². The Morgan fingerprint density at radius 1 is 1.10 bits per heavy atom. The average Bonchev–Trinajstić information content (AvgIpc) is 2.64. The highest BCUT2D eigenvalue weighted by Crippen LogP contribution is 2.34. The number of fused-ring (bicyclic) bond motifs is 1. The second kappa shape index (κ2) is 8.47. The molecule has 0 aliphatic rings. The molecule has 0 aliphatic carbocycles. The second-order valence-electron chi connectivity index (χ2n) is 5.84. The molecular weight excluding hydrogens is 452 g/mol. The van der Waals surface area contributed by atoms with Crippen LogP contribution in [0.5, 0.6) is 0 Å². The van der Waals surface area contributed by atoms with Crippen LogP contribution in [0.4, 0.5) is 17.6 Å². The lowest BCUT2D eigenvalue weighted by molar-refractivity contribution is -0.141. The average molecular weight is 465 g/mol. The van der Waals surface area contributed by atoms with E-state index in [1.54, 1.807) is 18.2 Å². The van der Waals surface area contributed by atoms with Gasteiger partial charge in [0.1, 0.15) is 16.4 Å². The van der Waals surface area contributed by atoms with Crippen molar-refractivity contribution >= 4 is 44.3 Å². The summed E-state index contributed by atoms with van der Waals surface area (Å²) in [7, 11) is -3.99. The molecule has 0 saturated heterocycles. The van der Waals surface area contributed by atoms with Crippen LogP contribution in [0.1, 0.15) is 5.69 Å². The normalized spacial score (nSPS) is 12.4. The molecule has 0 aliphatic heterocycles. The van der Waals surface area contributed by atoms with Gasteiger partial charge in [-0.1, -0.05) is 29.8 Å². The number of benzene rings is 2. The number of sulfonamides is 1. The van der Waals surface area contributed by atoms with Crippen LogP contribution < -0.4 is 4.72 Å². The highest BCUT2D eigenvalue weighted by atomic mass is 35.5. The summed E-state index contributed by atoms with van der Waals surface area (Å²) in [4.78, 5) is 3.69. The second-order valence-corrected chi connectivity index (χ2v) is 9.12. The Bertz CT molecular complexity index is 1150. The van der Waals surface area contributed by atoms with E-state index >= 15 is 0 Å². The molecule has 0 spiro atoms. The molecule has 1 heterocycles. The van der Waals surface area contributed by atoms with E-state index in [0.29, 0.717) is 10.3 Å². The number of thioether (sulfide) groups is 1. The molecule has 1 N–H and O–H groups in total. The molecule has 0 unspecified atom stereocenters. The fourth-order valence-corrected chi connectivity index (χ4v) is 5.15. The zero-order chi connectivity index (χ0) is 21.2. The van der Waals surface area contributed by atoms with Crippen LogP contribution in [-0.2, 0) is 16.2 Å². The maximum atomic E-state index is 13.1. The summed E-state index contributed by atoms with van der Waals surface area (Å²) in [6, 6.07) is 10.2. The number of hydrogen-bond donors (Lipinski definition) is 1. The summed E-state index contributed by atoms with van der Waals surface area (Å²) < 4.78 is 79.2. The van der Waals surface area contributed by atoms with E-state index < -0.39 is 27.7 Å². The van der Waals surface area contributed by atoms with Crippen LogP contribution >= 0.6 is 23.4 Å². The number of para-hydroxylation sites is 1. The van der Waals surface area contributed by atoms with Crippen molar-refractivity contribution in [3.05, 3.63) is 65.1 Å². The summed E-state index contributed by atoms with van der Waals surface area (Å²) in [5.74, 6) is -0.516. The number of rotatable bonds is 6. The van der Waals surface area contributed by atoms with Gasteiger partial charge in [0.25, 0.3) is 0 Å². The minimum absolute atomic E-state index is 0.0707. The van der Waals surface area contributed by atoms with Crippen LogP contribution in [-0.4, -0.2) is 25.7 Å². The molecule has 0 amide bonds. The smallest absolute Gasteiger partial charge is 0.243 e. The fourth-order valence-electron chi connectivity index (χ4n) is 2.52. The van der Waals surface area contributed by atoms with E-state index in [9.17, 15) is 26.0 Å². The molecular formula is C18H13ClF4N2O2S2. The first-order valence-corrected chi connectivity index (χ1v) is 11.0. The lowest BCUT2D eigenvalue weighted by Crippen LogP contribution is -2.26.